The van der Waals surface area contributed by atoms with E-state index in [2.05, 4.69) is 48.4 Å². The van der Waals surface area contributed by atoms with Gasteiger partial charge < -0.3 is 10.4 Å². The summed E-state index contributed by atoms with van der Waals surface area (Å²) in [4.78, 5) is 12.4. The molecule has 0 saturated heterocycles. The first-order chi connectivity index (χ1) is 13.4. The van der Waals surface area contributed by atoms with Crippen molar-refractivity contribution in [3.8, 4) is 17.1 Å². The Morgan fingerprint density at radius 3 is 2.50 bits per heavy atom. The van der Waals surface area contributed by atoms with Crippen LogP contribution in [0, 0.1) is 6.92 Å². The Morgan fingerprint density at radius 2 is 1.86 bits per heavy atom. The molecular weight excluding hydrogens is 352 g/mol. The second kappa shape index (κ2) is 8.44. The Morgan fingerprint density at radius 1 is 1.18 bits per heavy atom. The van der Waals surface area contributed by atoms with Crippen molar-refractivity contribution in [1.29, 1.82) is 0 Å². The Kier molecular flexibility index (Phi) is 5.99. The van der Waals surface area contributed by atoms with Crippen molar-refractivity contribution >= 4 is 0 Å². The van der Waals surface area contributed by atoms with Gasteiger partial charge in [0.15, 0.2) is 5.82 Å². The highest BCUT2D eigenvalue weighted by atomic mass is 16.3. The van der Waals surface area contributed by atoms with Crippen LogP contribution in [-0.4, -0.2) is 26.4 Å². The van der Waals surface area contributed by atoms with Crippen LogP contribution in [0.25, 0.3) is 11.4 Å². The zero-order valence-corrected chi connectivity index (χ0v) is 16.9. The predicted octanol–water partition coefficient (Wildman–Crippen LogP) is 3.53. The zero-order valence-electron chi connectivity index (χ0n) is 16.9. The van der Waals surface area contributed by atoms with Crippen LogP contribution >= 0.6 is 0 Å². The molecule has 28 heavy (non-hydrogen) atoms. The van der Waals surface area contributed by atoms with Gasteiger partial charge in [0.25, 0.3) is 0 Å². The molecule has 3 rings (SSSR count). The molecule has 3 aromatic rings. The van der Waals surface area contributed by atoms with E-state index in [-0.39, 0.29) is 11.4 Å². The SMILES string of the molecule is CCNCc1ccc(Cn2c(-c3cc(C(C)C)c(C)cc3O)n[nH]c2=O)cc1. The van der Waals surface area contributed by atoms with Crippen molar-refractivity contribution in [2.75, 3.05) is 6.54 Å². The summed E-state index contributed by atoms with van der Waals surface area (Å²) >= 11 is 0. The van der Waals surface area contributed by atoms with Gasteiger partial charge in [-0.05, 0) is 53.8 Å². The highest BCUT2D eigenvalue weighted by molar-refractivity contribution is 5.66. The van der Waals surface area contributed by atoms with Crippen molar-refractivity contribution < 1.29 is 5.11 Å². The number of nitrogens with one attached hydrogen (secondary N) is 2. The fraction of sp³-hybridized carbons (Fsp3) is 0.364. The Bertz CT molecular complexity index is 1000. The van der Waals surface area contributed by atoms with E-state index in [4.69, 9.17) is 0 Å². The molecule has 148 valence electrons. The number of phenolic OH excluding ortho intramolecular Hbond substituents is 1. The summed E-state index contributed by atoms with van der Waals surface area (Å²) in [5.41, 5.74) is 4.62. The topological polar surface area (TPSA) is 82.9 Å². The first-order valence-corrected chi connectivity index (χ1v) is 9.68. The molecule has 2 aromatic carbocycles. The third-order valence-corrected chi connectivity index (χ3v) is 4.95. The van der Waals surface area contributed by atoms with Crippen LogP contribution in [0.4, 0.5) is 0 Å². The third-order valence-electron chi connectivity index (χ3n) is 4.95. The van der Waals surface area contributed by atoms with Gasteiger partial charge >= 0.3 is 5.69 Å². The molecule has 0 aliphatic heterocycles. The van der Waals surface area contributed by atoms with Crippen LogP contribution in [0.3, 0.4) is 0 Å². The number of aryl methyl sites for hydroxylation is 1. The summed E-state index contributed by atoms with van der Waals surface area (Å²) in [6.45, 7) is 10.4. The molecule has 6 nitrogen and oxygen atoms in total. The molecule has 6 heteroatoms. The van der Waals surface area contributed by atoms with Gasteiger partial charge in [-0.1, -0.05) is 45.0 Å². The molecule has 0 saturated carbocycles. The molecule has 0 atom stereocenters. The maximum Gasteiger partial charge on any atom is 0.343 e. The number of aromatic amines is 1. The molecule has 0 spiro atoms. The number of benzene rings is 2. The number of hydrogen-bond donors (Lipinski definition) is 3. The number of aromatic nitrogens is 3. The molecule has 0 amide bonds. The summed E-state index contributed by atoms with van der Waals surface area (Å²) in [5, 5.41) is 20.5. The number of nitrogens with zero attached hydrogens (tertiary/aromatic N) is 2. The maximum atomic E-state index is 12.4. The average Bonchev–Trinajstić information content (AvgIpc) is 3.01. The smallest absolute Gasteiger partial charge is 0.343 e. The van der Waals surface area contributed by atoms with Crippen LogP contribution in [0.5, 0.6) is 5.75 Å². The van der Waals surface area contributed by atoms with Crippen molar-refractivity contribution in [3.63, 3.8) is 0 Å². The Labute approximate surface area is 165 Å². The summed E-state index contributed by atoms with van der Waals surface area (Å²) in [7, 11) is 0. The second-order valence-corrected chi connectivity index (χ2v) is 7.42. The second-order valence-electron chi connectivity index (χ2n) is 7.42. The number of rotatable bonds is 7. The summed E-state index contributed by atoms with van der Waals surface area (Å²) < 4.78 is 1.56. The predicted molar refractivity (Wildman–Crippen MR) is 112 cm³/mol. The standard InChI is InChI=1S/C22H28N4O2/c1-5-23-12-16-6-8-17(9-7-16)13-26-21(24-25-22(26)28)19-11-18(14(2)3)15(4)10-20(19)27/h6-11,14,23,27H,5,12-13H2,1-4H3,(H,25,28). The molecular formula is C22H28N4O2. The molecule has 0 unspecified atom stereocenters. The largest absolute Gasteiger partial charge is 0.507 e. The van der Waals surface area contributed by atoms with E-state index in [0.29, 0.717) is 23.9 Å². The van der Waals surface area contributed by atoms with Gasteiger partial charge in [-0.25, -0.2) is 9.89 Å². The minimum atomic E-state index is -0.294. The van der Waals surface area contributed by atoms with Crippen LogP contribution in [0.2, 0.25) is 0 Å². The lowest BCUT2D eigenvalue weighted by Gasteiger charge is -2.14. The maximum absolute atomic E-state index is 12.4. The van der Waals surface area contributed by atoms with Gasteiger partial charge in [0, 0.05) is 6.54 Å². The molecule has 0 radical (unpaired) electrons. The van der Waals surface area contributed by atoms with Gasteiger partial charge in [-0.15, -0.1) is 0 Å². The van der Waals surface area contributed by atoms with E-state index in [1.165, 1.54) is 5.56 Å². The highest BCUT2D eigenvalue weighted by Crippen LogP contribution is 2.33. The van der Waals surface area contributed by atoms with E-state index in [0.717, 1.165) is 29.8 Å². The fourth-order valence-corrected chi connectivity index (χ4v) is 3.39. The van der Waals surface area contributed by atoms with Crippen LogP contribution in [-0.2, 0) is 13.1 Å². The van der Waals surface area contributed by atoms with Crippen LogP contribution in [0.1, 0.15) is 48.9 Å². The van der Waals surface area contributed by atoms with Gasteiger partial charge in [-0.3, -0.25) is 4.57 Å². The zero-order chi connectivity index (χ0) is 20.3. The van der Waals surface area contributed by atoms with Gasteiger partial charge in [-0.2, -0.15) is 5.10 Å². The summed E-state index contributed by atoms with van der Waals surface area (Å²) in [6.07, 6.45) is 0. The molecule has 0 aliphatic carbocycles. The van der Waals surface area contributed by atoms with Crippen LogP contribution < -0.4 is 11.0 Å². The minimum absolute atomic E-state index is 0.128. The van der Waals surface area contributed by atoms with E-state index in [9.17, 15) is 9.90 Å². The van der Waals surface area contributed by atoms with Crippen molar-refractivity contribution in [2.45, 2.75) is 46.7 Å². The Hall–Kier alpha value is -2.86. The van der Waals surface area contributed by atoms with E-state index < -0.39 is 0 Å². The summed E-state index contributed by atoms with van der Waals surface area (Å²) in [6, 6.07) is 11.8. The first kappa shape index (κ1) is 19.9. The number of H-pyrrole nitrogens is 1. The Balaban J connectivity index is 1.95. The highest BCUT2D eigenvalue weighted by Gasteiger charge is 2.17. The van der Waals surface area contributed by atoms with E-state index in [1.54, 1.807) is 10.6 Å². The normalized spacial score (nSPS) is 11.3. The van der Waals surface area contributed by atoms with Crippen molar-refractivity contribution in [3.05, 3.63) is 69.1 Å². The molecule has 0 bridgehead atoms. The third kappa shape index (κ3) is 4.17. The summed E-state index contributed by atoms with van der Waals surface area (Å²) in [5.74, 6) is 0.881. The van der Waals surface area contributed by atoms with E-state index >= 15 is 0 Å². The minimum Gasteiger partial charge on any atom is -0.507 e. The van der Waals surface area contributed by atoms with Gasteiger partial charge in [0.2, 0.25) is 0 Å². The number of hydrogen-bond acceptors (Lipinski definition) is 4. The monoisotopic (exact) mass is 380 g/mol. The number of aromatic hydroxyl groups is 1. The lowest BCUT2D eigenvalue weighted by molar-refractivity contribution is 0.475. The molecule has 1 aromatic heterocycles. The molecule has 0 aliphatic rings. The fourth-order valence-electron chi connectivity index (χ4n) is 3.39. The van der Waals surface area contributed by atoms with E-state index in [1.807, 2.05) is 25.1 Å². The van der Waals surface area contributed by atoms with Gasteiger partial charge in [0.05, 0.1) is 12.1 Å². The lowest BCUT2D eigenvalue weighted by Crippen LogP contribution is -2.18. The first-order valence-electron chi connectivity index (χ1n) is 9.68. The molecule has 3 N–H and O–H groups in total. The quantitative estimate of drug-likeness (QED) is 0.585. The molecule has 1 heterocycles. The van der Waals surface area contributed by atoms with Crippen molar-refractivity contribution in [1.82, 2.24) is 20.1 Å². The van der Waals surface area contributed by atoms with Crippen LogP contribution in [0.15, 0.2) is 41.2 Å². The van der Waals surface area contributed by atoms with Gasteiger partial charge in [0.1, 0.15) is 5.75 Å². The lowest BCUT2D eigenvalue weighted by atomic mass is 9.95. The van der Waals surface area contributed by atoms with Crippen molar-refractivity contribution in [2.24, 2.45) is 0 Å². The average molecular weight is 380 g/mol. The number of phenols is 1. The molecule has 0 fully saturated rings.